The van der Waals surface area contributed by atoms with E-state index >= 15 is 0 Å². The third-order valence-electron chi connectivity index (χ3n) is 2.44. The van der Waals surface area contributed by atoms with E-state index in [4.69, 9.17) is 0 Å². The summed E-state index contributed by atoms with van der Waals surface area (Å²) in [6.07, 6.45) is 1.60. The van der Waals surface area contributed by atoms with E-state index in [0.29, 0.717) is 0 Å². The Kier molecular flexibility index (Phi) is 3.00. The van der Waals surface area contributed by atoms with Gasteiger partial charge in [0.1, 0.15) is 5.54 Å². The molecule has 1 aromatic carbocycles. The SMILES string of the molecule is C=C(C)C(C)(N=C=O)c1ccccc1. The van der Waals surface area contributed by atoms with Crippen LogP contribution in [0.4, 0.5) is 0 Å². The molecule has 1 rings (SSSR count). The maximum atomic E-state index is 10.4. The van der Waals surface area contributed by atoms with E-state index in [0.717, 1.165) is 11.1 Å². The highest BCUT2D eigenvalue weighted by Gasteiger charge is 2.26. The number of aliphatic imine (C=N–C) groups is 1. The molecule has 0 amide bonds. The fraction of sp³-hybridized carbons (Fsp3) is 0.250. The largest absolute Gasteiger partial charge is 0.236 e. The Morgan fingerprint density at radius 3 is 2.43 bits per heavy atom. The lowest BCUT2D eigenvalue weighted by Gasteiger charge is -2.24. The van der Waals surface area contributed by atoms with Crippen LogP contribution in [0.5, 0.6) is 0 Å². The summed E-state index contributed by atoms with van der Waals surface area (Å²) >= 11 is 0. The van der Waals surface area contributed by atoms with Gasteiger partial charge in [-0.25, -0.2) is 4.79 Å². The number of hydrogen-bond donors (Lipinski definition) is 0. The van der Waals surface area contributed by atoms with Crippen LogP contribution in [0.2, 0.25) is 0 Å². The quantitative estimate of drug-likeness (QED) is 0.406. The predicted molar refractivity (Wildman–Crippen MR) is 56.7 cm³/mol. The molecule has 0 heterocycles. The van der Waals surface area contributed by atoms with E-state index < -0.39 is 5.54 Å². The van der Waals surface area contributed by atoms with Gasteiger partial charge in [0.05, 0.1) is 0 Å². The molecule has 1 atom stereocenters. The highest BCUT2D eigenvalue weighted by molar-refractivity contribution is 5.42. The van der Waals surface area contributed by atoms with E-state index in [-0.39, 0.29) is 0 Å². The van der Waals surface area contributed by atoms with Crippen molar-refractivity contribution in [1.29, 1.82) is 0 Å². The topological polar surface area (TPSA) is 29.4 Å². The second kappa shape index (κ2) is 4.03. The molecule has 0 N–H and O–H groups in total. The first-order valence-electron chi connectivity index (χ1n) is 4.42. The molecule has 0 saturated carbocycles. The lowest BCUT2D eigenvalue weighted by atomic mass is 9.87. The Morgan fingerprint density at radius 1 is 1.43 bits per heavy atom. The minimum atomic E-state index is -0.650. The van der Waals surface area contributed by atoms with Crippen LogP contribution in [0.25, 0.3) is 0 Å². The van der Waals surface area contributed by atoms with E-state index in [1.54, 1.807) is 6.08 Å². The van der Waals surface area contributed by atoms with Crippen molar-refractivity contribution in [1.82, 2.24) is 0 Å². The van der Waals surface area contributed by atoms with Gasteiger partial charge >= 0.3 is 0 Å². The maximum absolute atomic E-state index is 10.4. The third kappa shape index (κ3) is 1.81. The molecule has 0 aliphatic rings. The van der Waals surface area contributed by atoms with Crippen LogP contribution in [0.1, 0.15) is 19.4 Å². The Bertz CT molecular complexity index is 373. The van der Waals surface area contributed by atoms with E-state index in [1.165, 1.54) is 0 Å². The Labute approximate surface area is 84.0 Å². The molecule has 0 fully saturated rings. The molecule has 0 aliphatic carbocycles. The first-order chi connectivity index (χ1) is 6.61. The van der Waals surface area contributed by atoms with Gasteiger partial charge in [0, 0.05) is 0 Å². The van der Waals surface area contributed by atoms with Gasteiger partial charge < -0.3 is 0 Å². The van der Waals surface area contributed by atoms with Crippen molar-refractivity contribution < 1.29 is 4.79 Å². The second-order valence-electron chi connectivity index (χ2n) is 3.42. The highest BCUT2D eigenvalue weighted by Crippen LogP contribution is 2.31. The van der Waals surface area contributed by atoms with Crippen molar-refractivity contribution in [3.05, 3.63) is 48.0 Å². The molecule has 0 aliphatic heterocycles. The van der Waals surface area contributed by atoms with Crippen LogP contribution < -0.4 is 0 Å². The van der Waals surface area contributed by atoms with Crippen LogP contribution in [-0.4, -0.2) is 6.08 Å². The molecule has 0 spiro atoms. The molecule has 0 aromatic heterocycles. The number of carbonyl (C=O) groups excluding carboxylic acids is 1. The molecule has 2 heteroatoms. The number of nitrogens with zero attached hydrogens (tertiary/aromatic N) is 1. The molecule has 14 heavy (non-hydrogen) atoms. The molecular formula is C12H13NO. The van der Waals surface area contributed by atoms with Crippen LogP contribution in [0, 0.1) is 0 Å². The fourth-order valence-corrected chi connectivity index (χ4v) is 1.26. The van der Waals surface area contributed by atoms with E-state index in [1.807, 2.05) is 44.2 Å². The summed E-state index contributed by atoms with van der Waals surface area (Å²) in [4.78, 5) is 14.2. The third-order valence-corrected chi connectivity index (χ3v) is 2.44. The molecule has 0 saturated heterocycles. The van der Waals surface area contributed by atoms with Gasteiger partial charge in [0.25, 0.3) is 0 Å². The van der Waals surface area contributed by atoms with Crippen LogP contribution in [0.15, 0.2) is 47.5 Å². The Balaban J connectivity index is 3.26. The first kappa shape index (κ1) is 10.4. The number of isocyanates is 1. The van der Waals surface area contributed by atoms with Crippen molar-refractivity contribution in [3.8, 4) is 0 Å². The zero-order chi connectivity index (χ0) is 10.6. The maximum Gasteiger partial charge on any atom is 0.236 e. The van der Waals surface area contributed by atoms with Gasteiger partial charge in [-0.2, -0.15) is 4.99 Å². The standard InChI is InChI=1S/C12H13NO/c1-10(2)12(3,13-9-14)11-7-5-4-6-8-11/h4-8H,1H2,2-3H3. The van der Waals surface area contributed by atoms with Gasteiger partial charge in [-0.05, 0) is 25.0 Å². The van der Waals surface area contributed by atoms with Gasteiger partial charge in [-0.3, -0.25) is 0 Å². The zero-order valence-corrected chi connectivity index (χ0v) is 8.45. The summed E-state index contributed by atoms with van der Waals surface area (Å²) in [7, 11) is 0. The number of rotatable bonds is 3. The summed E-state index contributed by atoms with van der Waals surface area (Å²) in [6.45, 7) is 7.56. The van der Waals surface area contributed by atoms with E-state index in [9.17, 15) is 4.79 Å². The molecule has 1 aromatic rings. The van der Waals surface area contributed by atoms with Crippen LogP contribution in [0.3, 0.4) is 0 Å². The summed E-state index contributed by atoms with van der Waals surface area (Å²) in [5.74, 6) is 0. The first-order valence-corrected chi connectivity index (χ1v) is 4.42. The summed E-state index contributed by atoms with van der Waals surface area (Å²) in [5, 5.41) is 0. The normalized spacial score (nSPS) is 13.9. The fourth-order valence-electron chi connectivity index (χ4n) is 1.26. The van der Waals surface area contributed by atoms with Gasteiger partial charge in [-0.1, -0.05) is 36.9 Å². The van der Waals surface area contributed by atoms with Gasteiger partial charge in [0.15, 0.2) is 0 Å². The molecule has 0 bridgehead atoms. The average molecular weight is 187 g/mol. The highest BCUT2D eigenvalue weighted by atomic mass is 16.1. The van der Waals surface area contributed by atoms with Crippen molar-refractivity contribution in [2.75, 3.05) is 0 Å². The van der Waals surface area contributed by atoms with Crippen LogP contribution >= 0.6 is 0 Å². The molecule has 2 nitrogen and oxygen atoms in total. The minimum absolute atomic E-state index is 0.650. The minimum Gasteiger partial charge on any atom is -0.211 e. The van der Waals surface area contributed by atoms with Crippen molar-refractivity contribution in [3.63, 3.8) is 0 Å². The summed E-state index contributed by atoms with van der Waals surface area (Å²) < 4.78 is 0. The molecule has 72 valence electrons. The monoisotopic (exact) mass is 187 g/mol. The smallest absolute Gasteiger partial charge is 0.211 e. The van der Waals surface area contributed by atoms with Crippen molar-refractivity contribution >= 4 is 6.08 Å². The Hall–Kier alpha value is -1.66. The van der Waals surface area contributed by atoms with Gasteiger partial charge in [-0.15, -0.1) is 0 Å². The van der Waals surface area contributed by atoms with E-state index in [2.05, 4.69) is 11.6 Å². The summed E-state index contributed by atoms with van der Waals surface area (Å²) in [6, 6.07) is 9.60. The van der Waals surface area contributed by atoms with Crippen molar-refractivity contribution in [2.45, 2.75) is 19.4 Å². The number of hydrogen-bond acceptors (Lipinski definition) is 2. The predicted octanol–water partition coefficient (Wildman–Crippen LogP) is 2.81. The zero-order valence-electron chi connectivity index (χ0n) is 8.45. The number of benzene rings is 1. The molecular weight excluding hydrogens is 174 g/mol. The molecule has 1 unspecified atom stereocenters. The average Bonchev–Trinajstić information content (AvgIpc) is 2.19. The molecule has 0 radical (unpaired) electrons. The lowest BCUT2D eigenvalue weighted by molar-refractivity contribution is 0.537. The van der Waals surface area contributed by atoms with Crippen LogP contribution in [-0.2, 0) is 10.3 Å². The second-order valence-corrected chi connectivity index (χ2v) is 3.42. The van der Waals surface area contributed by atoms with Crippen molar-refractivity contribution in [2.24, 2.45) is 4.99 Å². The lowest BCUT2D eigenvalue weighted by Crippen LogP contribution is -2.19. The van der Waals surface area contributed by atoms with Gasteiger partial charge in [0.2, 0.25) is 6.08 Å². The Morgan fingerprint density at radius 2 is 2.00 bits per heavy atom. The summed E-state index contributed by atoms with van der Waals surface area (Å²) in [5.41, 5.74) is 1.13.